The second kappa shape index (κ2) is 8.50. The van der Waals surface area contributed by atoms with E-state index in [1.807, 2.05) is 0 Å². The number of hydrogen-bond acceptors (Lipinski definition) is 4. The van der Waals surface area contributed by atoms with E-state index >= 15 is 0 Å². The van der Waals surface area contributed by atoms with Crippen molar-refractivity contribution in [1.29, 1.82) is 0 Å². The molecular formula is C12H24N2O4S. The highest BCUT2D eigenvalue weighted by Crippen LogP contribution is 2.16. The van der Waals surface area contributed by atoms with Crippen LogP contribution >= 0.6 is 0 Å². The lowest BCUT2D eigenvalue weighted by Gasteiger charge is -2.16. The van der Waals surface area contributed by atoms with Crippen LogP contribution in [0.4, 0.5) is 0 Å². The van der Waals surface area contributed by atoms with Crippen molar-refractivity contribution < 1.29 is 18.3 Å². The largest absolute Gasteiger partial charge is 0.481 e. The maximum atomic E-state index is 11.4. The van der Waals surface area contributed by atoms with Gasteiger partial charge in [0.1, 0.15) is 0 Å². The Hall–Kier alpha value is -0.660. The molecule has 0 heterocycles. The smallest absolute Gasteiger partial charge is 0.304 e. The number of sulfonamides is 1. The van der Waals surface area contributed by atoms with Gasteiger partial charge in [-0.05, 0) is 12.8 Å². The van der Waals surface area contributed by atoms with Crippen LogP contribution in [0.15, 0.2) is 0 Å². The van der Waals surface area contributed by atoms with Gasteiger partial charge in [-0.2, -0.15) is 0 Å². The van der Waals surface area contributed by atoms with E-state index in [1.54, 1.807) is 0 Å². The topological polar surface area (TPSA) is 95.5 Å². The van der Waals surface area contributed by atoms with Gasteiger partial charge in [0, 0.05) is 19.1 Å². The zero-order chi connectivity index (χ0) is 14.1. The van der Waals surface area contributed by atoms with Crippen LogP contribution in [-0.2, 0) is 14.8 Å². The van der Waals surface area contributed by atoms with E-state index in [1.165, 1.54) is 25.7 Å². The van der Waals surface area contributed by atoms with Crippen molar-refractivity contribution in [2.24, 2.45) is 0 Å². The van der Waals surface area contributed by atoms with Gasteiger partial charge in [-0.15, -0.1) is 0 Å². The summed E-state index contributed by atoms with van der Waals surface area (Å²) >= 11 is 0. The van der Waals surface area contributed by atoms with Crippen LogP contribution in [0.5, 0.6) is 0 Å². The lowest BCUT2D eigenvalue weighted by atomic mass is 10.1. The predicted octanol–water partition coefficient (Wildman–Crippen LogP) is 0.693. The summed E-state index contributed by atoms with van der Waals surface area (Å²) in [6.07, 6.45) is 7.02. The molecule has 0 aromatic rings. The molecule has 112 valence electrons. The molecule has 0 saturated heterocycles. The van der Waals surface area contributed by atoms with Crippen LogP contribution < -0.4 is 10.0 Å². The maximum absolute atomic E-state index is 11.4. The first-order valence-corrected chi connectivity index (χ1v) is 8.57. The molecule has 1 rings (SSSR count). The average Bonchev–Trinajstić information content (AvgIpc) is 2.61. The third-order valence-corrected chi connectivity index (χ3v) is 4.71. The highest BCUT2D eigenvalue weighted by Gasteiger charge is 2.13. The van der Waals surface area contributed by atoms with Crippen LogP contribution in [0, 0.1) is 0 Å². The van der Waals surface area contributed by atoms with E-state index in [-0.39, 0.29) is 12.2 Å². The van der Waals surface area contributed by atoms with Gasteiger partial charge in [-0.3, -0.25) is 4.79 Å². The van der Waals surface area contributed by atoms with Gasteiger partial charge >= 0.3 is 5.97 Å². The predicted molar refractivity (Wildman–Crippen MR) is 73.5 cm³/mol. The third-order valence-electron chi connectivity index (χ3n) is 3.32. The quantitative estimate of drug-likeness (QED) is 0.452. The van der Waals surface area contributed by atoms with Crippen LogP contribution in [-0.4, -0.2) is 44.4 Å². The molecule has 7 heteroatoms. The summed E-state index contributed by atoms with van der Waals surface area (Å²) in [7, 11) is -3.46. The first kappa shape index (κ1) is 16.4. The molecule has 1 fully saturated rings. The molecule has 1 aliphatic carbocycles. The van der Waals surface area contributed by atoms with Crippen molar-refractivity contribution in [1.82, 2.24) is 10.0 Å². The Kier molecular flexibility index (Phi) is 7.33. The normalized spacial score (nSPS) is 18.1. The fourth-order valence-electron chi connectivity index (χ4n) is 2.26. The molecule has 0 atom stereocenters. The van der Waals surface area contributed by atoms with Crippen molar-refractivity contribution in [3.63, 3.8) is 0 Å². The number of aliphatic carboxylic acids is 1. The van der Waals surface area contributed by atoms with Gasteiger partial charge in [-0.1, -0.05) is 25.7 Å². The summed E-state index contributed by atoms with van der Waals surface area (Å²) < 4.78 is 25.3. The fraction of sp³-hybridized carbons (Fsp3) is 0.917. The number of carboxylic acids is 1. The molecular weight excluding hydrogens is 268 g/mol. The number of carboxylic acid groups (broad SMARTS) is 1. The molecule has 3 N–H and O–H groups in total. The highest BCUT2D eigenvalue weighted by atomic mass is 32.2. The van der Waals surface area contributed by atoms with Gasteiger partial charge in [0.25, 0.3) is 0 Å². The molecule has 0 aromatic heterocycles. The minimum Gasteiger partial charge on any atom is -0.481 e. The Morgan fingerprint density at radius 3 is 2.32 bits per heavy atom. The number of hydrogen-bond donors (Lipinski definition) is 3. The SMILES string of the molecule is O=C(O)CCS(=O)(=O)NCCNC1CCCCCC1. The second-order valence-corrected chi connectivity index (χ2v) is 6.93. The minimum absolute atomic E-state index is 0.318. The van der Waals surface area contributed by atoms with Gasteiger partial charge in [0.2, 0.25) is 10.0 Å². The molecule has 0 radical (unpaired) electrons. The lowest BCUT2D eigenvalue weighted by Crippen LogP contribution is -2.37. The number of rotatable bonds is 8. The summed E-state index contributed by atoms with van der Waals surface area (Å²) in [5, 5.41) is 11.8. The van der Waals surface area contributed by atoms with E-state index in [0.717, 1.165) is 12.8 Å². The molecule has 0 unspecified atom stereocenters. The van der Waals surface area contributed by atoms with Crippen molar-refractivity contribution >= 4 is 16.0 Å². The van der Waals surface area contributed by atoms with E-state index in [0.29, 0.717) is 19.1 Å². The van der Waals surface area contributed by atoms with Crippen molar-refractivity contribution in [2.75, 3.05) is 18.8 Å². The van der Waals surface area contributed by atoms with E-state index in [9.17, 15) is 13.2 Å². The zero-order valence-corrected chi connectivity index (χ0v) is 12.0. The molecule has 6 nitrogen and oxygen atoms in total. The monoisotopic (exact) mass is 292 g/mol. The zero-order valence-electron chi connectivity index (χ0n) is 11.2. The minimum atomic E-state index is -3.46. The summed E-state index contributed by atoms with van der Waals surface area (Å²) in [5.41, 5.74) is 0. The van der Waals surface area contributed by atoms with Crippen molar-refractivity contribution in [3.8, 4) is 0 Å². The van der Waals surface area contributed by atoms with Gasteiger partial charge in [0.05, 0.1) is 12.2 Å². The Bertz CT molecular complexity index is 362. The van der Waals surface area contributed by atoms with Crippen LogP contribution in [0.25, 0.3) is 0 Å². The van der Waals surface area contributed by atoms with Gasteiger partial charge < -0.3 is 10.4 Å². The molecule has 0 bridgehead atoms. The summed E-state index contributed by atoms with van der Waals surface area (Å²) in [6, 6.07) is 0.492. The number of carbonyl (C=O) groups is 1. The highest BCUT2D eigenvalue weighted by molar-refractivity contribution is 7.89. The first-order valence-electron chi connectivity index (χ1n) is 6.92. The average molecular weight is 292 g/mol. The molecule has 1 saturated carbocycles. The van der Waals surface area contributed by atoms with E-state index < -0.39 is 16.0 Å². The lowest BCUT2D eigenvalue weighted by molar-refractivity contribution is -0.136. The summed E-state index contributed by atoms with van der Waals surface area (Å²) in [4.78, 5) is 10.3. The van der Waals surface area contributed by atoms with Crippen molar-refractivity contribution in [2.45, 2.75) is 51.0 Å². The molecule has 19 heavy (non-hydrogen) atoms. The molecule has 1 aliphatic rings. The van der Waals surface area contributed by atoms with Crippen LogP contribution in [0.3, 0.4) is 0 Å². The summed E-state index contributed by atoms with van der Waals surface area (Å²) in [5.74, 6) is -1.45. The molecule has 0 amide bonds. The summed E-state index contributed by atoms with van der Waals surface area (Å²) in [6.45, 7) is 0.912. The Morgan fingerprint density at radius 1 is 1.11 bits per heavy atom. The standard InChI is InChI=1S/C12H24N2O4S/c15-12(16)7-10-19(17,18)14-9-8-13-11-5-3-1-2-4-6-11/h11,13-14H,1-10H2,(H,15,16). The third kappa shape index (κ3) is 8.18. The molecule has 0 aromatic carbocycles. The second-order valence-electron chi connectivity index (χ2n) is 5.00. The number of nitrogens with one attached hydrogen (secondary N) is 2. The van der Waals surface area contributed by atoms with Crippen molar-refractivity contribution in [3.05, 3.63) is 0 Å². The maximum Gasteiger partial charge on any atom is 0.304 e. The van der Waals surface area contributed by atoms with E-state index in [2.05, 4.69) is 10.0 Å². The van der Waals surface area contributed by atoms with Crippen LogP contribution in [0.2, 0.25) is 0 Å². The molecule has 0 spiro atoms. The fourth-order valence-corrected chi connectivity index (χ4v) is 3.26. The molecule has 0 aliphatic heterocycles. The Balaban J connectivity index is 2.13. The van der Waals surface area contributed by atoms with Gasteiger partial charge in [0.15, 0.2) is 0 Å². The first-order chi connectivity index (χ1) is 8.99. The van der Waals surface area contributed by atoms with Crippen LogP contribution in [0.1, 0.15) is 44.9 Å². The Labute approximate surface area is 115 Å². The van der Waals surface area contributed by atoms with E-state index in [4.69, 9.17) is 5.11 Å². The van der Waals surface area contributed by atoms with Gasteiger partial charge in [-0.25, -0.2) is 13.1 Å². The Morgan fingerprint density at radius 2 is 1.74 bits per heavy atom.